The van der Waals surface area contributed by atoms with Gasteiger partial charge in [-0.1, -0.05) is 6.07 Å². The summed E-state index contributed by atoms with van der Waals surface area (Å²) >= 11 is 0. The zero-order valence-corrected chi connectivity index (χ0v) is 19.6. The van der Waals surface area contributed by atoms with Gasteiger partial charge in [-0.2, -0.15) is 4.98 Å². The number of aromatic nitrogens is 2. The molecule has 9 heteroatoms. The molecule has 1 unspecified atom stereocenters. The Morgan fingerprint density at radius 1 is 1.03 bits per heavy atom. The Morgan fingerprint density at radius 2 is 1.82 bits per heavy atom. The highest BCUT2D eigenvalue weighted by atomic mass is 16.2. The highest BCUT2D eigenvalue weighted by Crippen LogP contribution is 2.26. The van der Waals surface area contributed by atoms with Crippen LogP contribution in [0.15, 0.2) is 35.3 Å². The summed E-state index contributed by atoms with van der Waals surface area (Å²) in [5, 5.41) is 9.81. The number of nitrogens with two attached hydrogens (primary N) is 1. The number of aryl methyl sites for hydroxylation is 1. The minimum atomic E-state index is -0.399. The molecular weight excluding hydrogens is 430 g/mol. The number of fused-ring (bicyclic) bond motifs is 1. The van der Waals surface area contributed by atoms with Crippen LogP contribution in [0.2, 0.25) is 0 Å². The lowest BCUT2D eigenvalue weighted by atomic mass is 9.85. The van der Waals surface area contributed by atoms with Crippen LogP contribution in [-0.2, 0) is 12.8 Å². The zero-order chi connectivity index (χ0) is 23.5. The van der Waals surface area contributed by atoms with Crippen molar-refractivity contribution in [2.24, 2.45) is 5.73 Å². The number of hydrogen-bond donors (Lipinski definition) is 4. The number of carbonyl (C=O) groups is 1. The molecule has 1 aromatic heterocycles. The fourth-order valence-electron chi connectivity index (χ4n) is 5.38. The van der Waals surface area contributed by atoms with Crippen molar-refractivity contribution in [2.75, 3.05) is 31.5 Å². The van der Waals surface area contributed by atoms with Crippen LogP contribution in [0.25, 0.3) is 5.69 Å². The third-order valence-corrected chi connectivity index (χ3v) is 7.38. The van der Waals surface area contributed by atoms with Gasteiger partial charge in [-0.25, -0.2) is 9.59 Å². The van der Waals surface area contributed by atoms with Crippen molar-refractivity contribution in [2.45, 2.75) is 63.1 Å². The first-order valence-corrected chi connectivity index (χ1v) is 12.6. The van der Waals surface area contributed by atoms with Crippen molar-refractivity contribution in [3.05, 3.63) is 52.1 Å². The van der Waals surface area contributed by atoms with Gasteiger partial charge in [0, 0.05) is 50.5 Å². The van der Waals surface area contributed by atoms with Gasteiger partial charge < -0.3 is 21.3 Å². The van der Waals surface area contributed by atoms with Crippen LogP contribution in [0.1, 0.15) is 43.2 Å². The number of piperazine rings is 1. The van der Waals surface area contributed by atoms with E-state index < -0.39 is 5.69 Å². The highest BCUT2D eigenvalue weighted by molar-refractivity contribution is 5.88. The summed E-state index contributed by atoms with van der Waals surface area (Å²) < 4.78 is 1.54. The van der Waals surface area contributed by atoms with E-state index in [1.54, 1.807) is 17.2 Å². The molecule has 2 aliphatic carbocycles. The van der Waals surface area contributed by atoms with E-state index in [9.17, 15) is 9.59 Å². The molecule has 1 aliphatic heterocycles. The van der Waals surface area contributed by atoms with Crippen molar-refractivity contribution in [3.8, 4) is 5.69 Å². The summed E-state index contributed by atoms with van der Waals surface area (Å²) in [4.78, 5) is 30.9. The lowest BCUT2D eigenvalue weighted by Gasteiger charge is -2.33. The van der Waals surface area contributed by atoms with Gasteiger partial charge in [0.15, 0.2) is 0 Å². The largest absolute Gasteiger partial charge is 0.354 e. The van der Waals surface area contributed by atoms with Crippen LogP contribution in [0.4, 0.5) is 10.6 Å². The van der Waals surface area contributed by atoms with Crippen LogP contribution in [-0.4, -0.2) is 64.8 Å². The molecule has 2 aromatic rings. The first-order valence-electron chi connectivity index (χ1n) is 12.6. The molecule has 34 heavy (non-hydrogen) atoms. The minimum absolute atomic E-state index is 0.223. The van der Waals surface area contributed by atoms with Gasteiger partial charge in [-0.05, 0) is 74.3 Å². The molecule has 0 bridgehead atoms. The molecular formula is C25H35N7O2. The van der Waals surface area contributed by atoms with Gasteiger partial charge in [-0.3, -0.25) is 9.88 Å². The summed E-state index contributed by atoms with van der Waals surface area (Å²) in [6.45, 7) is 2.83. The van der Waals surface area contributed by atoms with Crippen molar-refractivity contribution in [3.63, 3.8) is 0 Å². The number of urea groups is 1. The fraction of sp³-hybridized carbons (Fsp3) is 0.560. The molecule has 9 nitrogen and oxygen atoms in total. The Bertz CT molecular complexity index is 1070. The summed E-state index contributed by atoms with van der Waals surface area (Å²) in [6, 6.07) is 9.15. The maximum absolute atomic E-state index is 12.7. The Morgan fingerprint density at radius 3 is 2.59 bits per heavy atom. The van der Waals surface area contributed by atoms with Crippen molar-refractivity contribution in [1.29, 1.82) is 0 Å². The molecule has 5 rings (SSSR count). The normalized spacial score (nSPS) is 25.0. The molecule has 2 amide bonds. The molecule has 5 N–H and O–H groups in total. The summed E-state index contributed by atoms with van der Waals surface area (Å²) in [5.74, 6) is 0.278. The second-order valence-electron chi connectivity index (χ2n) is 9.80. The van der Waals surface area contributed by atoms with Crippen molar-refractivity contribution < 1.29 is 4.79 Å². The third kappa shape index (κ3) is 5.32. The maximum Gasteiger partial charge on any atom is 0.354 e. The van der Waals surface area contributed by atoms with Crippen LogP contribution in [0.5, 0.6) is 0 Å². The van der Waals surface area contributed by atoms with Gasteiger partial charge >= 0.3 is 11.7 Å². The molecule has 2 fully saturated rings. The molecule has 1 saturated carbocycles. The van der Waals surface area contributed by atoms with Crippen LogP contribution in [0, 0.1) is 0 Å². The van der Waals surface area contributed by atoms with E-state index in [0.29, 0.717) is 31.2 Å². The Kier molecular flexibility index (Phi) is 6.94. The predicted molar refractivity (Wildman–Crippen MR) is 132 cm³/mol. The molecule has 0 radical (unpaired) electrons. The number of nitrogens with zero attached hydrogens (tertiary/aromatic N) is 3. The highest BCUT2D eigenvalue weighted by Gasteiger charge is 2.24. The average Bonchev–Trinajstić information content (AvgIpc) is 2.86. The predicted octanol–water partition coefficient (Wildman–Crippen LogP) is 1.39. The molecule has 2 heterocycles. The van der Waals surface area contributed by atoms with E-state index in [2.05, 4.69) is 33.1 Å². The number of amides is 2. The van der Waals surface area contributed by atoms with E-state index >= 15 is 0 Å². The van der Waals surface area contributed by atoms with Gasteiger partial charge in [0.2, 0.25) is 0 Å². The molecule has 1 atom stereocenters. The molecule has 1 aromatic carbocycles. The lowest BCUT2D eigenvalue weighted by molar-refractivity contribution is 0.204. The minimum Gasteiger partial charge on any atom is -0.328 e. The smallest absolute Gasteiger partial charge is 0.328 e. The molecule has 182 valence electrons. The number of carbonyl (C=O) groups excluding carboxylic acids is 1. The number of anilines is 1. The Balaban J connectivity index is 1.23. The number of rotatable bonds is 4. The lowest BCUT2D eigenvalue weighted by Crippen LogP contribution is -2.48. The number of nitrogens with one attached hydrogen (secondary N) is 3. The van der Waals surface area contributed by atoms with Gasteiger partial charge in [-0.15, -0.1) is 0 Å². The first kappa shape index (κ1) is 23.0. The Hall–Kier alpha value is -2.75. The second kappa shape index (κ2) is 10.2. The number of benzene rings is 1. The molecule has 1 saturated heterocycles. The van der Waals surface area contributed by atoms with Crippen molar-refractivity contribution >= 4 is 11.8 Å². The van der Waals surface area contributed by atoms with Gasteiger partial charge in [0.1, 0.15) is 5.82 Å². The fourth-order valence-corrected chi connectivity index (χ4v) is 5.38. The average molecular weight is 466 g/mol. The van der Waals surface area contributed by atoms with E-state index in [4.69, 9.17) is 5.73 Å². The van der Waals surface area contributed by atoms with Crippen LogP contribution >= 0.6 is 0 Å². The quantitative estimate of drug-likeness (QED) is 0.542. The number of hydrogen-bond acceptors (Lipinski definition) is 6. The van der Waals surface area contributed by atoms with Crippen molar-refractivity contribution in [1.82, 2.24) is 25.1 Å². The van der Waals surface area contributed by atoms with E-state index in [-0.39, 0.29) is 11.8 Å². The van der Waals surface area contributed by atoms with Crippen LogP contribution < -0.4 is 27.4 Å². The first-order chi connectivity index (χ1) is 16.5. The molecule has 3 aliphatic rings. The summed E-state index contributed by atoms with van der Waals surface area (Å²) in [6.07, 6.45) is 9.37. The molecule has 0 spiro atoms. The van der Waals surface area contributed by atoms with E-state index in [0.717, 1.165) is 50.9 Å². The zero-order valence-electron chi connectivity index (χ0n) is 19.6. The standard InChI is InChI=1S/C25H35N7O2/c26-19-3-6-20(7-4-19)28-21-5-1-18-16-22(8-2-17(18)15-21)32-12-9-23(30-25(32)34)29-24(33)31-13-10-27-11-14-31/h2,8-9,12,16,19-21,27-28H,1,3-7,10-11,13-15,26H2,(H,29,30,33,34)/t19-,20+,21?. The second-order valence-corrected chi connectivity index (χ2v) is 9.80. The summed E-state index contributed by atoms with van der Waals surface area (Å²) in [5.41, 5.74) is 9.10. The summed E-state index contributed by atoms with van der Waals surface area (Å²) in [7, 11) is 0. The van der Waals surface area contributed by atoms with E-state index in [1.807, 2.05) is 6.07 Å². The maximum atomic E-state index is 12.7. The topological polar surface area (TPSA) is 117 Å². The SMILES string of the molecule is N[C@H]1CC[C@@H](NC2CCc3cc(-n4ccc(NC(=O)N5CCNCC5)nc4=O)ccc3C2)CC1. The van der Waals surface area contributed by atoms with Gasteiger partial charge in [0.25, 0.3) is 0 Å². The monoisotopic (exact) mass is 465 g/mol. The van der Waals surface area contributed by atoms with Gasteiger partial charge in [0.05, 0.1) is 5.69 Å². The van der Waals surface area contributed by atoms with E-state index in [1.165, 1.54) is 28.5 Å². The van der Waals surface area contributed by atoms with Crippen LogP contribution in [0.3, 0.4) is 0 Å². The third-order valence-electron chi connectivity index (χ3n) is 7.38. The Labute approximate surface area is 200 Å².